The molecule has 2 heterocycles. The molecule has 15 N–H and O–H groups in total. The van der Waals surface area contributed by atoms with Crippen LogP contribution >= 0.6 is 0 Å². The minimum absolute atomic E-state index is 0.352. The molecule has 0 atom stereocenters. The fourth-order valence-corrected chi connectivity index (χ4v) is 10.6. The molecular weight excluding hydrogens is 1260 g/mol. The number of carboxylic acids is 4. The second-order valence-electron chi connectivity index (χ2n) is 16.4. The van der Waals surface area contributed by atoms with Crippen molar-refractivity contribution in [3.8, 4) is 0 Å². The Labute approximate surface area is 470 Å². The van der Waals surface area contributed by atoms with Crippen molar-refractivity contribution in [2.24, 2.45) is 0 Å². The lowest BCUT2D eigenvalue weighted by Crippen LogP contribution is -2.37. The molecular formula is C40H37N12O26S6+. The third-order valence-corrected chi connectivity index (χ3v) is 15.6. The van der Waals surface area contributed by atoms with Crippen molar-refractivity contribution in [2.75, 3.05) is 57.2 Å². The Morgan fingerprint density at radius 3 is 1.12 bits per heavy atom. The summed E-state index contributed by atoms with van der Waals surface area (Å²) < 4.78 is 208. The number of carbonyl (C=O) groups is 4. The molecule has 0 radical (unpaired) electrons. The summed E-state index contributed by atoms with van der Waals surface area (Å²) in [5, 5.41) is 47.5. The minimum Gasteiger partial charge on any atom is -0.480 e. The molecule has 0 aliphatic carbocycles. The number of nitrogens with zero attached hydrogens (tertiary/aromatic N) is 7. The van der Waals surface area contributed by atoms with Crippen LogP contribution in [0.3, 0.4) is 0 Å². The highest BCUT2D eigenvalue weighted by Gasteiger charge is 2.29. The summed E-state index contributed by atoms with van der Waals surface area (Å²) in [6, 6.07) is 8.75. The van der Waals surface area contributed by atoms with Crippen LogP contribution in [0.2, 0.25) is 0 Å². The van der Waals surface area contributed by atoms with Gasteiger partial charge in [0.05, 0.1) is 26.9 Å². The monoisotopic (exact) mass is 1290 g/mol. The van der Waals surface area contributed by atoms with Crippen LogP contribution in [0.15, 0.2) is 102 Å². The van der Waals surface area contributed by atoms with E-state index in [1.807, 2.05) is 0 Å². The van der Waals surface area contributed by atoms with Crippen molar-refractivity contribution < 1.29 is 122 Å². The average Bonchev–Trinajstić information content (AvgIpc) is 1.60. The maximum Gasteiger partial charge on any atom is 0.327 e. The highest BCUT2D eigenvalue weighted by Crippen LogP contribution is 2.32. The molecule has 0 aliphatic rings. The molecule has 0 spiro atoms. The number of aromatic amines is 1. The summed E-state index contributed by atoms with van der Waals surface area (Å²) in [7, 11) is -31.2. The molecule has 6 rings (SSSR count). The van der Waals surface area contributed by atoms with Gasteiger partial charge in [-0.1, -0.05) is 34.3 Å². The highest BCUT2D eigenvalue weighted by molar-refractivity contribution is 7.87. The van der Waals surface area contributed by atoms with Gasteiger partial charge in [-0.15, -0.1) is 0 Å². The zero-order valence-electron chi connectivity index (χ0n) is 41.0. The first-order valence-corrected chi connectivity index (χ1v) is 30.4. The topological polar surface area (TPSA) is 609 Å². The SMILES string of the molecule is O=C(O)CN(CC(=O)O)c1nc(Nc2ccc(/C=C/c3ccc(Nc4nc(N(CC(=O)O)CC(=O)O)nc(Nc5cc(S(=O)(=O)O)ccc5S(=O)(=O)O)[nH+]4)cc3S(=O)(=O)O)c(S(=O)(=O)O)c2)nc(Nc2cc(S(=O)(=O)O)ccc2S(=O)(=O)O)n1. The summed E-state index contributed by atoms with van der Waals surface area (Å²) >= 11 is 0. The quantitative estimate of drug-likeness (QED) is 0.0252. The molecule has 0 bridgehead atoms. The number of carboxylic acid groups (broad SMARTS) is 4. The molecule has 6 aromatic rings. The third-order valence-electron chi connectivity index (χ3n) is 10.3. The fraction of sp³-hybridized carbons (Fsp3) is 0.100. The van der Waals surface area contributed by atoms with E-state index in [4.69, 9.17) is 0 Å². The predicted molar refractivity (Wildman–Crippen MR) is 280 cm³/mol. The Balaban J connectivity index is 1.41. The molecule has 2 aromatic heterocycles. The first kappa shape index (κ1) is 64.0. The van der Waals surface area contributed by atoms with Gasteiger partial charge in [0, 0.05) is 5.69 Å². The van der Waals surface area contributed by atoms with Crippen LogP contribution < -0.4 is 36.1 Å². The highest BCUT2D eigenvalue weighted by atomic mass is 32.2. The average molecular weight is 1290 g/mol. The van der Waals surface area contributed by atoms with Crippen LogP contribution in [0.1, 0.15) is 11.1 Å². The van der Waals surface area contributed by atoms with E-state index in [0.29, 0.717) is 52.3 Å². The number of aromatic nitrogens is 6. The van der Waals surface area contributed by atoms with Gasteiger partial charge in [-0.25, -0.2) is 4.98 Å². The molecule has 4 aromatic carbocycles. The van der Waals surface area contributed by atoms with Crippen LogP contribution in [0.25, 0.3) is 12.2 Å². The summed E-state index contributed by atoms with van der Waals surface area (Å²) in [5.41, 5.74) is -3.27. The minimum atomic E-state index is -5.32. The summed E-state index contributed by atoms with van der Waals surface area (Å²) in [6.07, 6.45) is 1.80. The maximum absolute atomic E-state index is 12.8. The van der Waals surface area contributed by atoms with Gasteiger partial charge < -0.3 is 40.9 Å². The largest absolute Gasteiger partial charge is 0.480 e. The Kier molecular flexibility index (Phi) is 18.5. The predicted octanol–water partition coefficient (Wildman–Crippen LogP) is 0.0519. The molecule has 0 amide bonds. The van der Waals surface area contributed by atoms with E-state index in [9.17, 15) is 117 Å². The van der Waals surface area contributed by atoms with Gasteiger partial charge in [0.2, 0.25) is 17.8 Å². The standard InChI is InChI=1S/C40H36N12O26S6/c53-31(54)15-51(16-32(55)56)39-47-35(45-37(49-39)43-25-13-23(79(61,62)63)7-9-27(25)81(67,68)69)41-21-5-3-19(29(11-21)83(73,74)75)1-2-20-4-6-22(12-30(20)84(76,77)78)42-36-46-38(50-40(48-36)52(17-33(57)58)18-34(59)60)44-26-14-24(80(64,65)66)8-10-28(26)82(70,71)72/h1-14H,15-18H2,(H,53,54)(H,55,56)(H,57,58)(H,59,60)(H,61,62,63)(H,64,65,66)(H,67,68,69)(H,70,71,72)(H,73,74,75)(H,76,77,78)(H2,41,43,45,47,49)(H2,42,44,46,48,50)/p+1/b2-1+. The molecule has 0 aliphatic heterocycles. The van der Waals surface area contributed by atoms with Gasteiger partial charge in [0.25, 0.3) is 60.7 Å². The van der Waals surface area contributed by atoms with Crippen LogP contribution in [0.4, 0.5) is 58.4 Å². The maximum atomic E-state index is 12.8. The van der Waals surface area contributed by atoms with Gasteiger partial charge in [0.15, 0.2) is 0 Å². The van der Waals surface area contributed by atoms with Gasteiger partial charge in [-0.05, 0) is 71.8 Å². The van der Waals surface area contributed by atoms with Crippen LogP contribution in [0, 0.1) is 0 Å². The molecule has 0 saturated heterocycles. The van der Waals surface area contributed by atoms with Crippen LogP contribution in [0.5, 0.6) is 0 Å². The van der Waals surface area contributed by atoms with E-state index in [-0.39, 0.29) is 11.4 Å². The third kappa shape index (κ3) is 17.2. The van der Waals surface area contributed by atoms with Crippen molar-refractivity contribution in [2.45, 2.75) is 29.4 Å². The number of hydrogen-bond acceptors (Lipinski definition) is 27. The Morgan fingerprint density at radius 1 is 0.405 bits per heavy atom. The van der Waals surface area contributed by atoms with E-state index in [1.165, 1.54) is 0 Å². The number of rotatable bonds is 26. The van der Waals surface area contributed by atoms with E-state index >= 15 is 0 Å². The molecule has 84 heavy (non-hydrogen) atoms. The number of hydrogen-bond donors (Lipinski definition) is 14. The van der Waals surface area contributed by atoms with Gasteiger partial charge in [0.1, 0.15) is 45.8 Å². The Bertz CT molecular complexity index is 4130. The lowest BCUT2D eigenvalue weighted by molar-refractivity contribution is -0.351. The van der Waals surface area contributed by atoms with Crippen molar-refractivity contribution in [1.82, 2.24) is 24.9 Å². The second kappa shape index (κ2) is 24.3. The van der Waals surface area contributed by atoms with Crippen LogP contribution in [-0.2, 0) is 79.9 Å². The molecule has 0 unspecified atom stereocenters. The number of aliphatic carboxylic acids is 4. The second-order valence-corrected chi connectivity index (χ2v) is 24.8. The summed E-state index contributed by atoms with van der Waals surface area (Å²) in [4.78, 5) is 64.2. The van der Waals surface area contributed by atoms with Gasteiger partial charge in [-0.3, -0.25) is 57.1 Å². The lowest BCUT2D eigenvalue weighted by Gasteiger charge is -2.20. The lowest BCUT2D eigenvalue weighted by atomic mass is 10.1. The molecule has 44 heteroatoms. The smallest absolute Gasteiger partial charge is 0.327 e. The normalized spacial score (nSPS) is 12.3. The van der Waals surface area contributed by atoms with E-state index in [2.05, 4.69) is 51.2 Å². The Morgan fingerprint density at radius 2 is 0.750 bits per heavy atom. The number of nitrogens with one attached hydrogen (secondary N) is 5. The van der Waals surface area contributed by atoms with E-state index in [0.717, 1.165) is 42.5 Å². The fourth-order valence-electron chi connectivity index (χ4n) is 6.94. The number of H-pyrrole nitrogens is 1. The zero-order chi connectivity index (χ0) is 62.7. The van der Waals surface area contributed by atoms with Crippen molar-refractivity contribution in [3.05, 3.63) is 83.9 Å². The molecule has 38 nitrogen and oxygen atoms in total. The summed E-state index contributed by atoms with van der Waals surface area (Å²) in [5.74, 6) is -11.2. The number of anilines is 10. The zero-order valence-corrected chi connectivity index (χ0v) is 45.9. The van der Waals surface area contributed by atoms with Gasteiger partial charge in [-0.2, -0.15) is 65.5 Å². The summed E-state index contributed by atoms with van der Waals surface area (Å²) in [6.45, 7) is -4.50. The van der Waals surface area contributed by atoms with Gasteiger partial charge >= 0.3 is 41.7 Å². The van der Waals surface area contributed by atoms with Crippen LogP contribution in [-0.4, -0.2) is 173 Å². The first-order valence-electron chi connectivity index (χ1n) is 21.8. The Hall–Kier alpha value is -9.22. The number of benzene rings is 4. The van der Waals surface area contributed by atoms with E-state index < -0.39 is 198 Å². The van der Waals surface area contributed by atoms with Crippen molar-refractivity contribution >= 4 is 155 Å². The molecule has 0 fully saturated rings. The van der Waals surface area contributed by atoms with E-state index in [1.54, 1.807) is 0 Å². The molecule has 0 saturated carbocycles. The first-order chi connectivity index (χ1) is 38.6. The van der Waals surface area contributed by atoms with Crippen molar-refractivity contribution in [3.63, 3.8) is 0 Å². The van der Waals surface area contributed by atoms with Crippen molar-refractivity contribution in [1.29, 1.82) is 0 Å². The molecule has 448 valence electrons.